The van der Waals surface area contributed by atoms with Crippen molar-refractivity contribution in [3.05, 3.63) is 109 Å². The third kappa shape index (κ3) is 3.03. The molecule has 0 atom stereocenters. The van der Waals surface area contributed by atoms with E-state index in [2.05, 4.69) is 0 Å². The second kappa shape index (κ2) is 7.38. The van der Waals surface area contributed by atoms with Gasteiger partial charge in [-0.25, -0.2) is 16.8 Å². The first-order valence-electron chi connectivity index (χ1n) is 10.7. The Morgan fingerprint density at radius 2 is 0.676 bits per heavy atom. The van der Waals surface area contributed by atoms with E-state index in [4.69, 9.17) is 0 Å². The summed E-state index contributed by atoms with van der Waals surface area (Å²) in [4.78, 5) is -0.429. The van der Waals surface area contributed by atoms with Crippen LogP contribution in [0.5, 0.6) is 0 Å². The zero-order valence-electron chi connectivity index (χ0n) is 17.8. The van der Waals surface area contributed by atoms with Crippen molar-refractivity contribution in [1.29, 1.82) is 0 Å². The molecule has 0 aliphatic heterocycles. The van der Waals surface area contributed by atoms with Gasteiger partial charge < -0.3 is 0 Å². The average Bonchev–Trinajstić information content (AvgIpc) is 2.85. The molecule has 6 aromatic carbocycles. The molecule has 0 aliphatic carbocycles. The maximum Gasteiger partial charge on any atom is 0.287 e. The van der Waals surface area contributed by atoms with Gasteiger partial charge in [0.15, 0.2) is 0 Å². The van der Waals surface area contributed by atoms with Crippen LogP contribution in [0.4, 0.5) is 0 Å². The van der Waals surface area contributed by atoms with Crippen molar-refractivity contribution < 1.29 is 16.8 Å². The number of hydrogen-bond acceptors (Lipinski definition) is 4. The average molecular weight is 483 g/mol. The number of fused-ring (bicyclic) bond motifs is 4. The van der Waals surface area contributed by atoms with Gasteiger partial charge >= 0.3 is 0 Å². The van der Waals surface area contributed by atoms with Gasteiger partial charge in [-0.3, -0.25) is 0 Å². The fourth-order valence-corrected chi connectivity index (χ4v) is 8.69. The fraction of sp³-hybridized carbons (Fsp3) is 0. The van der Waals surface area contributed by atoms with Gasteiger partial charge in [0.05, 0.1) is 9.79 Å². The van der Waals surface area contributed by atoms with E-state index in [1.165, 1.54) is 12.1 Å². The summed E-state index contributed by atoms with van der Waals surface area (Å²) in [7, 11) is -9.52. The Kier molecular flexibility index (Phi) is 4.52. The van der Waals surface area contributed by atoms with E-state index in [1.54, 1.807) is 36.4 Å². The zero-order chi connectivity index (χ0) is 23.5. The molecule has 0 spiro atoms. The van der Waals surface area contributed by atoms with Gasteiger partial charge in [0.1, 0.15) is 0 Å². The molecule has 0 bridgehead atoms. The van der Waals surface area contributed by atoms with E-state index in [0.717, 1.165) is 21.5 Å². The summed E-state index contributed by atoms with van der Waals surface area (Å²) in [6.45, 7) is 0. The predicted octanol–water partition coefficient (Wildman–Crippen LogP) is 6.46. The van der Waals surface area contributed by atoms with Gasteiger partial charge in [0.2, 0.25) is 0 Å². The Hall–Kier alpha value is -3.74. The molecule has 0 unspecified atom stereocenters. The fourth-order valence-electron chi connectivity index (χ4n) is 4.55. The van der Waals surface area contributed by atoms with Gasteiger partial charge in [0.25, 0.3) is 17.7 Å². The van der Waals surface area contributed by atoms with E-state index < -0.39 is 17.7 Å². The van der Waals surface area contributed by atoms with Crippen LogP contribution >= 0.6 is 0 Å². The Labute approximate surface area is 196 Å². The molecule has 0 aromatic heterocycles. The molecule has 0 radical (unpaired) electrons. The van der Waals surface area contributed by atoms with Crippen molar-refractivity contribution in [2.24, 2.45) is 0 Å². The van der Waals surface area contributed by atoms with Gasteiger partial charge in [-0.1, -0.05) is 72.8 Å². The van der Waals surface area contributed by atoms with Gasteiger partial charge in [-0.2, -0.15) is 0 Å². The van der Waals surface area contributed by atoms with Crippen molar-refractivity contribution in [1.82, 2.24) is 0 Å². The Morgan fingerprint density at radius 3 is 1.06 bits per heavy atom. The van der Waals surface area contributed by atoms with Crippen molar-refractivity contribution in [3.63, 3.8) is 0 Å². The standard InChI is InChI=1S/C28H18O4S2/c29-33(30,27-13-5-11-23-15-19-7-1-3-9-21(19)17-25(23)27)34(31,32)28-14-6-12-24-16-20-8-2-4-10-22(20)18-26(24)28/h1-18H. The lowest BCUT2D eigenvalue weighted by molar-refractivity contribution is 0.583. The van der Waals surface area contributed by atoms with Crippen LogP contribution in [-0.4, -0.2) is 16.8 Å². The van der Waals surface area contributed by atoms with Crippen LogP contribution in [0.3, 0.4) is 0 Å². The highest BCUT2D eigenvalue weighted by Gasteiger charge is 2.36. The second-order valence-corrected chi connectivity index (χ2v) is 13.6. The van der Waals surface area contributed by atoms with Crippen LogP contribution in [-0.2, 0) is 17.7 Å². The monoisotopic (exact) mass is 482 g/mol. The minimum atomic E-state index is -4.76. The molecule has 6 aromatic rings. The van der Waals surface area contributed by atoms with Gasteiger partial charge in [0, 0.05) is 10.8 Å². The largest absolute Gasteiger partial charge is 0.287 e. The number of rotatable bonds is 3. The summed E-state index contributed by atoms with van der Waals surface area (Å²) >= 11 is 0. The molecule has 0 fully saturated rings. The molecule has 0 saturated heterocycles. The molecule has 0 N–H and O–H groups in total. The van der Waals surface area contributed by atoms with E-state index in [1.807, 2.05) is 60.7 Å². The Balaban J connectivity index is 1.63. The minimum Gasteiger partial charge on any atom is -0.207 e. The SMILES string of the molecule is O=S(=O)(c1cccc2cc3ccccc3cc12)S(=O)(=O)c1cccc2cc3ccccc3cc12. The van der Waals surface area contributed by atoms with E-state index >= 15 is 0 Å². The molecule has 0 saturated carbocycles. The summed E-state index contributed by atoms with van der Waals surface area (Å²) in [6, 6.07) is 31.9. The van der Waals surface area contributed by atoms with E-state index in [0.29, 0.717) is 21.5 Å². The van der Waals surface area contributed by atoms with Crippen LogP contribution < -0.4 is 0 Å². The Bertz CT molecular complexity index is 1840. The van der Waals surface area contributed by atoms with Crippen LogP contribution in [0.2, 0.25) is 0 Å². The maximum absolute atomic E-state index is 13.7. The minimum absolute atomic E-state index is 0.214. The first-order chi connectivity index (χ1) is 16.4. The van der Waals surface area contributed by atoms with Crippen LogP contribution in [0, 0.1) is 0 Å². The molecule has 0 heterocycles. The lowest BCUT2D eigenvalue weighted by atomic mass is 10.0. The smallest absolute Gasteiger partial charge is 0.207 e. The summed E-state index contributed by atoms with van der Waals surface area (Å²) in [6.07, 6.45) is 0. The van der Waals surface area contributed by atoms with E-state index in [9.17, 15) is 16.8 Å². The van der Waals surface area contributed by atoms with Gasteiger partial charge in [-0.15, -0.1) is 0 Å². The highest BCUT2D eigenvalue weighted by molar-refractivity contribution is 8.67. The van der Waals surface area contributed by atoms with Crippen LogP contribution in [0.15, 0.2) is 119 Å². The highest BCUT2D eigenvalue weighted by Crippen LogP contribution is 2.36. The topological polar surface area (TPSA) is 68.3 Å². The quantitative estimate of drug-likeness (QED) is 0.214. The zero-order valence-corrected chi connectivity index (χ0v) is 19.5. The molecule has 166 valence electrons. The summed E-state index contributed by atoms with van der Waals surface area (Å²) in [5.74, 6) is 0. The summed E-state index contributed by atoms with van der Waals surface area (Å²) in [5.41, 5.74) is 0. The molecule has 6 heteroatoms. The third-order valence-corrected chi connectivity index (χ3v) is 11.4. The third-order valence-electron chi connectivity index (χ3n) is 6.24. The van der Waals surface area contributed by atoms with Crippen LogP contribution in [0.25, 0.3) is 43.1 Å². The van der Waals surface area contributed by atoms with Crippen molar-refractivity contribution in [2.75, 3.05) is 0 Å². The van der Waals surface area contributed by atoms with Crippen molar-refractivity contribution >= 4 is 60.8 Å². The molecular weight excluding hydrogens is 464 g/mol. The lowest BCUT2D eigenvalue weighted by Gasteiger charge is -2.13. The highest BCUT2D eigenvalue weighted by atomic mass is 33.2. The van der Waals surface area contributed by atoms with Crippen molar-refractivity contribution in [2.45, 2.75) is 9.79 Å². The summed E-state index contributed by atoms with van der Waals surface area (Å²) < 4.78 is 54.9. The van der Waals surface area contributed by atoms with Crippen LogP contribution in [0.1, 0.15) is 0 Å². The molecule has 6 rings (SSSR count). The number of hydrogen-bond donors (Lipinski definition) is 0. The molecule has 4 nitrogen and oxygen atoms in total. The summed E-state index contributed by atoms with van der Waals surface area (Å²) in [5, 5.41) is 5.68. The first kappa shape index (κ1) is 20.8. The maximum atomic E-state index is 13.7. The normalized spacial score (nSPS) is 12.6. The molecule has 0 aliphatic rings. The second-order valence-electron chi connectivity index (χ2n) is 8.26. The van der Waals surface area contributed by atoms with Gasteiger partial charge in [-0.05, 0) is 68.7 Å². The molecular formula is C28H18O4S2. The Morgan fingerprint density at radius 1 is 0.353 bits per heavy atom. The first-order valence-corrected chi connectivity index (χ1v) is 14.2. The molecule has 34 heavy (non-hydrogen) atoms. The van der Waals surface area contributed by atoms with E-state index in [-0.39, 0.29) is 9.79 Å². The number of benzene rings is 6. The lowest BCUT2D eigenvalue weighted by Crippen LogP contribution is -2.17. The molecule has 0 amide bonds. The van der Waals surface area contributed by atoms with Crippen molar-refractivity contribution in [3.8, 4) is 0 Å². The predicted molar refractivity (Wildman–Crippen MR) is 137 cm³/mol.